The van der Waals surface area contributed by atoms with Gasteiger partial charge in [-0.1, -0.05) is 30.4 Å². The Morgan fingerprint density at radius 1 is 1.00 bits per heavy atom. The van der Waals surface area contributed by atoms with Crippen LogP contribution in [0.2, 0.25) is 0 Å². The summed E-state index contributed by atoms with van der Waals surface area (Å²) in [4.78, 5) is 12.8. The van der Waals surface area contributed by atoms with Gasteiger partial charge in [-0.25, -0.2) is 13.8 Å². The van der Waals surface area contributed by atoms with E-state index in [0.717, 1.165) is 9.87 Å². The molecule has 10 heteroatoms. The Hall–Kier alpha value is -4.31. The van der Waals surface area contributed by atoms with Crippen LogP contribution in [0, 0.1) is 6.92 Å². The molecule has 0 aliphatic carbocycles. The van der Waals surface area contributed by atoms with Gasteiger partial charge in [-0.3, -0.25) is 9.10 Å². The Morgan fingerprint density at radius 2 is 1.70 bits per heavy atom. The van der Waals surface area contributed by atoms with Crippen molar-refractivity contribution < 1.29 is 27.4 Å². The van der Waals surface area contributed by atoms with Crippen LogP contribution in [0.1, 0.15) is 11.1 Å². The van der Waals surface area contributed by atoms with Crippen LogP contribution in [0.4, 0.5) is 5.69 Å². The van der Waals surface area contributed by atoms with Crippen LogP contribution in [-0.2, 0) is 14.8 Å². The lowest BCUT2D eigenvalue weighted by Crippen LogP contribution is -2.39. The van der Waals surface area contributed by atoms with Crippen LogP contribution in [0.25, 0.3) is 0 Å². The minimum Gasteiger partial charge on any atom is -0.497 e. The molecule has 0 spiro atoms. The van der Waals surface area contributed by atoms with E-state index in [1.165, 1.54) is 32.6 Å². The molecule has 0 bridgehead atoms. The lowest BCUT2D eigenvalue weighted by molar-refractivity contribution is -0.119. The average Bonchev–Trinajstić information content (AvgIpc) is 2.91. The van der Waals surface area contributed by atoms with Gasteiger partial charge in [0.25, 0.3) is 15.9 Å². The summed E-state index contributed by atoms with van der Waals surface area (Å²) >= 11 is 0. The minimum atomic E-state index is -4.04. The van der Waals surface area contributed by atoms with E-state index in [1.54, 1.807) is 60.7 Å². The number of hydrogen-bond donors (Lipinski definition) is 1. The summed E-state index contributed by atoms with van der Waals surface area (Å²) in [5.41, 5.74) is 4.25. The second-order valence-electron chi connectivity index (χ2n) is 7.83. The quantitative estimate of drug-likeness (QED) is 0.219. The first-order chi connectivity index (χ1) is 17.8. The van der Waals surface area contributed by atoms with Crippen LogP contribution in [0.5, 0.6) is 17.2 Å². The molecule has 1 N–H and O–H groups in total. The van der Waals surface area contributed by atoms with Gasteiger partial charge in [0.1, 0.15) is 18.9 Å². The van der Waals surface area contributed by atoms with Crippen molar-refractivity contribution in [1.29, 1.82) is 0 Å². The highest BCUT2D eigenvalue weighted by atomic mass is 32.2. The first-order valence-corrected chi connectivity index (χ1v) is 12.7. The number of hydrogen-bond acceptors (Lipinski definition) is 7. The van der Waals surface area contributed by atoms with Crippen molar-refractivity contribution >= 4 is 27.8 Å². The minimum absolute atomic E-state index is 0.0658. The van der Waals surface area contributed by atoms with Gasteiger partial charge in [-0.2, -0.15) is 5.10 Å². The van der Waals surface area contributed by atoms with E-state index in [4.69, 9.17) is 14.2 Å². The second-order valence-corrected chi connectivity index (χ2v) is 9.69. The molecule has 0 fully saturated rings. The van der Waals surface area contributed by atoms with Gasteiger partial charge < -0.3 is 14.2 Å². The van der Waals surface area contributed by atoms with E-state index in [2.05, 4.69) is 17.1 Å². The molecule has 0 heterocycles. The number of ether oxygens (including phenoxy) is 3. The Labute approximate surface area is 217 Å². The number of methoxy groups -OCH3 is 2. The lowest BCUT2D eigenvalue weighted by atomic mass is 10.2. The highest BCUT2D eigenvalue weighted by Crippen LogP contribution is 2.28. The Balaban J connectivity index is 1.79. The van der Waals surface area contributed by atoms with Crippen molar-refractivity contribution in [2.24, 2.45) is 5.10 Å². The zero-order chi connectivity index (χ0) is 26.8. The monoisotopic (exact) mass is 523 g/mol. The predicted octanol–water partition coefficient (Wildman–Crippen LogP) is 3.92. The number of rotatable bonds is 12. The zero-order valence-corrected chi connectivity index (χ0v) is 21.7. The third-order valence-corrected chi connectivity index (χ3v) is 6.99. The molecule has 194 valence electrons. The number of sulfonamides is 1. The van der Waals surface area contributed by atoms with Crippen molar-refractivity contribution in [1.82, 2.24) is 5.43 Å². The Bertz CT molecular complexity index is 1350. The van der Waals surface area contributed by atoms with Crippen LogP contribution < -0.4 is 23.9 Å². The molecule has 0 saturated carbocycles. The van der Waals surface area contributed by atoms with Gasteiger partial charge in [-0.05, 0) is 67.1 Å². The Morgan fingerprint density at radius 3 is 2.32 bits per heavy atom. The van der Waals surface area contributed by atoms with E-state index in [-0.39, 0.29) is 4.90 Å². The third-order valence-electron chi connectivity index (χ3n) is 5.20. The fourth-order valence-electron chi connectivity index (χ4n) is 3.28. The molecule has 9 nitrogen and oxygen atoms in total. The average molecular weight is 524 g/mol. The van der Waals surface area contributed by atoms with Crippen LogP contribution >= 0.6 is 0 Å². The predicted molar refractivity (Wildman–Crippen MR) is 143 cm³/mol. The fourth-order valence-corrected chi connectivity index (χ4v) is 4.70. The molecule has 0 aliphatic heterocycles. The second kappa shape index (κ2) is 12.6. The third kappa shape index (κ3) is 7.11. The van der Waals surface area contributed by atoms with Crippen LogP contribution in [-0.4, -0.2) is 47.9 Å². The summed E-state index contributed by atoms with van der Waals surface area (Å²) < 4.78 is 43.9. The lowest BCUT2D eigenvalue weighted by Gasteiger charge is -2.24. The molecule has 0 atom stereocenters. The normalized spacial score (nSPS) is 11.1. The number of benzene rings is 3. The van der Waals surface area contributed by atoms with Gasteiger partial charge in [0.05, 0.1) is 31.0 Å². The Kier molecular flexibility index (Phi) is 9.28. The smallest absolute Gasteiger partial charge is 0.264 e. The number of nitrogens with one attached hydrogen (secondary N) is 1. The maximum Gasteiger partial charge on any atom is 0.264 e. The number of amides is 1. The van der Waals surface area contributed by atoms with E-state index in [9.17, 15) is 13.2 Å². The maximum atomic E-state index is 13.5. The van der Waals surface area contributed by atoms with Crippen molar-refractivity contribution in [2.75, 3.05) is 31.7 Å². The number of aryl methyl sites for hydroxylation is 1. The summed E-state index contributed by atoms with van der Waals surface area (Å²) in [6.07, 6.45) is 3.04. The molecule has 0 aliphatic rings. The van der Waals surface area contributed by atoms with Gasteiger partial charge in [0.2, 0.25) is 0 Å². The standard InChI is InChI=1S/C27H29N3O6S/c1-5-16-36-25-15-8-21(17-26(25)35-4)18-28-29-27(31)19-30(22-9-11-23(34-3)12-10-22)37(32,33)24-13-6-20(2)7-14-24/h5-15,17-18H,1,16,19H2,2-4H3,(H,29,31)/b28-18-. The van der Waals surface area contributed by atoms with Crippen molar-refractivity contribution in [3.8, 4) is 17.2 Å². The van der Waals surface area contributed by atoms with E-state index in [0.29, 0.717) is 35.1 Å². The summed E-state index contributed by atoms with van der Waals surface area (Å²) in [5, 5.41) is 3.97. The molecule has 37 heavy (non-hydrogen) atoms. The number of nitrogens with zero attached hydrogens (tertiary/aromatic N) is 2. The van der Waals surface area contributed by atoms with Crippen LogP contribution in [0.3, 0.4) is 0 Å². The van der Waals surface area contributed by atoms with E-state index in [1.807, 2.05) is 6.92 Å². The maximum absolute atomic E-state index is 13.5. The number of carbonyl (C=O) groups is 1. The molecule has 0 unspecified atom stereocenters. The van der Waals surface area contributed by atoms with E-state index >= 15 is 0 Å². The van der Waals surface area contributed by atoms with Gasteiger partial charge in [-0.15, -0.1) is 0 Å². The van der Waals surface area contributed by atoms with Gasteiger partial charge in [0.15, 0.2) is 11.5 Å². The van der Waals surface area contributed by atoms with E-state index < -0.39 is 22.5 Å². The summed E-state index contributed by atoms with van der Waals surface area (Å²) in [7, 11) is -1.01. The SMILES string of the molecule is C=CCOc1ccc(/C=N\NC(=O)CN(c2ccc(OC)cc2)S(=O)(=O)c2ccc(C)cc2)cc1OC. The fraction of sp³-hybridized carbons (Fsp3) is 0.185. The van der Waals surface area contributed by atoms with Crippen LogP contribution in [0.15, 0.2) is 89.4 Å². The molecular weight excluding hydrogens is 494 g/mol. The molecule has 0 aromatic heterocycles. The summed E-state index contributed by atoms with van der Waals surface area (Å²) in [6.45, 7) is 5.32. The highest BCUT2D eigenvalue weighted by molar-refractivity contribution is 7.92. The largest absolute Gasteiger partial charge is 0.497 e. The van der Waals surface area contributed by atoms with Crippen molar-refractivity contribution in [2.45, 2.75) is 11.8 Å². The summed E-state index contributed by atoms with van der Waals surface area (Å²) in [6, 6.07) is 18.0. The molecule has 3 aromatic carbocycles. The first-order valence-electron chi connectivity index (χ1n) is 11.3. The number of hydrazone groups is 1. The molecule has 0 saturated heterocycles. The van der Waals surface area contributed by atoms with Crippen molar-refractivity contribution in [3.63, 3.8) is 0 Å². The zero-order valence-electron chi connectivity index (χ0n) is 20.9. The first kappa shape index (κ1) is 27.3. The molecule has 3 rings (SSSR count). The molecule has 1 amide bonds. The molecular formula is C27H29N3O6S. The highest BCUT2D eigenvalue weighted by Gasteiger charge is 2.27. The van der Waals surface area contributed by atoms with Crippen molar-refractivity contribution in [3.05, 3.63) is 90.5 Å². The van der Waals surface area contributed by atoms with Gasteiger partial charge >= 0.3 is 0 Å². The number of anilines is 1. The molecule has 0 radical (unpaired) electrons. The topological polar surface area (TPSA) is 107 Å². The summed E-state index contributed by atoms with van der Waals surface area (Å²) in [5.74, 6) is 0.967. The number of carbonyl (C=O) groups excluding carboxylic acids is 1. The molecule has 3 aromatic rings. The van der Waals surface area contributed by atoms with Gasteiger partial charge in [0, 0.05) is 0 Å².